The minimum atomic E-state index is -0.114. The minimum Gasteiger partial charge on any atom is -0.483 e. The number of rotatable bonds is 8. The van der Waals surface area contributed by atoms with E-state index in [1.807, 2.05) is 42.5 Å². The number of amides is 1. The Morgan fingerprint density at radius 2 is 1.84 bits per heavy atom. The second-order valence-corrected chi connectivity index (χ2v) is 6.28. The van der Waals surface area contributed by atoms with E-state index < -0.39 is 0 Å². The SMILES string of the molecule is O=C(COc1cccc2c1CCCC2)NCCOCc1ccccc1. The summed E-state index contributed by atoms with van der Waals surface area (Å²) in [4.78, 5) is 11.9. The van der Waals surface area contributed by atoms with E-state index in [-0.39, 0.29) is 12.5 Å². The third-order valence-corrected chi connectivity index (χ3v) is 4.39. The molecule has 2 aromatic rings. The molecule has 0 saturated carbocycles. The van der Waals surface area contributed by atoms with Crippen LogP contribution in [0.5, 0.6) is 5.75 Å². The Balaban J connectivity index is 1.35. The Morgan fingerprint density at radius 1 is 1.00 bits per heavy atom. The van der Waals surface area contributed by atoms with Crippen LogP contribution in [0.3, 0.4) is 0 Å². The van der Waals surface area contributed by atoms with Gasteiger partial charge in [-0.25, -0.2) is 0 Å². The lowest BCUT2D eigenvalue weighted by molar-refractivity contribution is -0.123. The second kappa shape index (κ2) is 9.23. The molecule has 0 atom stereocenters. The Morgan fingerprint density at radius 3 is 2.72 bits per heavy atom. The summed E-state index contributed by atoms with van der Waals surface area (Å²) >= 11 is 0. The Kier molecular flexibility index (Phi) is 6.46. The number of carbonyl (C=O) groups is 1. The molecule has 1 N–H and O–H groups in total. The van der Waals surface area contributed by atoms with Crippen molar-refractivity contribution in [2.24, 2.45) is 0 Å². The van der Waals surface area contributed by atoms with E-state index in [0.717, 1.165) is 24.2 Å². The molecule has 4 nitrogen and oxygen atoms in total. The van der Waals surface area contributed by atoms with Crippen molar-refractivity contribution in [3.05, 3.63) is 65.2 Å². The van der Waals surface area contributed by atoms with E-state index in [4.69, 9.17) is 9.47 Å². The minimum absolute atomic E-state index is 0.0507. The van der Waals surface area contributed by atoms with Gasteiger partial charge >= 0.3 is 0 Å². The third-order valence-electron chi connectivity index (χ3n) is 4.39. The van der Waals surface area contributed by atoms with Gasteiger partial charge in [0.25, 0.3) is 5.91 Å². The smallest absolute Gasteiger partial charge is 0.258 e. The van der Waals surface area contributed by atoms with Gasteiger partial charge < -0.3 is 14.8 Å². The van der Waals surface area contributed by atoms with Crippen LogP contribution in [0.15, 0.2) is 48.5 Å². The third kappa shape index (κ3) is 5.33. The zero-order valence-electron chi connectivity index (χ0n) is 14.5. The maximum absolute atomic E-state index is 11.9. The maximum Gasteiger partial charge on any atom is 0.258 e. The lowest BCUT2D eigenvalue weighted by atomic mass is 9.91. The van der Waals surface area contributed by atoms with E-state index in [1.165, 1.54) is 24.0 Å². The summed E-state index contributed by atoms with van der Waals surface area (Å²) in [5.41, 5.74) is 3.76. The molecule has 0 aliphatic heterocycles. The van der Waals surface area contributed by atoms with Gasteiger partial charge in [0.1, 0.15) is 5.75 Å². The van der Waals surface area contributed by atoms with Crippen molar-refractivity contribution in [3.63, 3.8) is 0 Å². The number of ether oxygens (including phenoxy) is 2. The molecule has 1 aliphatic rings. The number of fused-ring (bicyclic) bond motifs is 1. The number of hydrogen-bond donors (Lipinski definition) is 1. The fraction of sp³-hybridized carbons (Fsp3) is 0.381. The molecule has 0 saturated heterocycles. The van der Waals surface area contributed by atoms with Crippen molar-refractivity contribution in [3.8, 4) is 5.75 Å². The van der Waals surface area contributed by atoms with Gasteiger partial charge in [-0.15, -0.1) is 0 Å². The van der Waals surface area contributed by atoms with Crippen molar-refractivity contribution < 1.29 is 14.3 Å². The van der Waals surface area contributed by atoms with Crippen LogP contribution in [0, 0.1) is 0 Å². The van der Waals surface area contributed by atoms with Gasteiger partial charge in [0.15, 0.2) is 6.61 Å². The first-order chi connectivity index (χ1) is 12.3. The summed E-state index contributed by atoms with van der Waals surface area (Å²) in [6.45, 7) is 1.59. The number of benzene rings is 2. The number of carbonyl (C=O) groups excluding carboxylic acids is 1. The first-order valence-corrected chi connectivity index (χ1v) is 8.95. The van der Waals surface area contributed by atoms with Crippen LogP contribution in [0.25, 0.3) is 0 Å². The van der Waals surface area contributed by atoms with E-state index in [2.05, 4.69) is 11.4 Å². The zero-order chi connectivity index (χ0) is 17.3. The normalized spacial score (nSPS) is 13.1. The summed E-state index contributed by atoms with van der Waals surface area (Å²) in [5.74, 6) is 0.740. The fourth-order valence-corrected chi connectivity index (χ4v) is 3.10. The topological polar surface area (TPSA) is 47.6 Å². The second-order valence-electron chi connectivity index (χ2n) is 6.28. The largest absolute Gasteiger partial charge is 0.483 e. The van der Waals surface area contributed by atoms with Gasteiger partial charge in [-0.1, -0.05) is 42.5 Å². The molecule has 0 fully saturated rings. The van der Waals surface area contributed by atoms with Gasteiger partial charge in [0.2, 0.25) is 0 Å². The molecule has 1 aliphatic carbocycles. The van der Waals surface area contributed by atoms with Crippen LogP contribution in [-0.4, -0.2) is 25.7 Å². The summed E-state index contributed by atoms with van der Waals surface area (Å²) in [6, 6.07) is 16.1. The van der Waals surface area contributed by atoms with Gasteiger partial charge in [0.05, 0.1) is 13.2 Å². The molecule has 2 aromatic carbocycles. The van der Waals surface area contributed by atoms with Crippen LogP contribution >= 0.6 is 0 Å². The molecular formula is C21H25NO3. The molecule has 0 aromatic heterocycles. The number of nitrogens with one attached hydrogen (secondary N) is 1. The highest BCUT2D eigenvalue weighted by molar-refractivity contribution is 5.77. The maximum atomic E-state index is 11.9. The van der Waals surface area contributed by atoms with Crippen LogP contribution < -0.4 is 10.1 Å². The summed E-state index contributed by atoms with van der Waals surface area (Å²) < 4.78 is 11.3. The lowest BCUT2D eigenvalue weighted by Gasteiger charge is -2.19. The molecule has 0 spiro atoms. The van der Waals surface area contributed by atoms with Crippen LogP contribution in [0.4, 0.5) is 0 Å². The number of aryl methyl sites for hydroxylation is 1. The lowest BCUT2D eigenvalue weighted by Crippen LogP contribution is -2.31. The molecule has 3 rings (SSSR count). The van der Waals surface area contributed by atoms with E-state index >= 15 is 0 Å². The monoisotopic (exact) mass is 339 g/mol. The summed E-state index contributed by atoms with van der Waals surface area (Å²) in [7, 11) is 0. The molecule has 1 amide bonds. The van der Waals surface area contributed by atoms with Gasteiger partial charge in [-0.05, 0) is 48.4 Å². The Hall–Kier alpha value is -2.33. The quantitative estimate of drug-likeness (QED) is 0.751. The highest BCUT2D eigenvalue weighted by Gasteiger charge is 2.14. The van der Waals surface area contributed by atoms with Crippen LogP contribution in [-0.2, 0) is 29.0 Å². The average Bonchev–Trinajstić information content (AvgIpc) is 2.67. The van der Waals surface area contributed by atoms with E-state index in [0.29, 0.717) is 19.8 Å². The van der Waals surface area contributed by atoms with Crippen molar-refractivity contribution in [1.29, 1.82) is 0 Å². The molecule has 0 bridgehead atoms. The molecule has 132 valence electrons. The van der Waals surface area contributed by atoms with Crippen molar-refractivity contribution in [2.75, 3.05) is 19.8 Å². The standard InChI is InChI=1S/C21H25NO3/c23-21(22-13-14-24-15-17-7-2-1-3-8-17)16-25-20-12-6-10-18-9-4-5-11-19(18)20/h1-3,6-8,10,12H,4-5,9,11,13-16H2,(H,22,23). The zero-order valence-corrected chi connectivity index (χ0v) is 14.5. The molecule has 4 heteroatoms. The molecule has 0 heterocycles. The van der Waals surface area contributed by atoms with Crippen LogP contribution in [0.2, 0.25) is 0 Å². The summed E-state index contributed by atoms with van der Waals surface area (Å²) in [6.07, 6.45) is 4.58. The highest BCUT2D eigenvalue weighted by Crippen LogP contribution is 2.29. The highest BCUT2D eigenvalue weighted by atomic mass is 16.5. The van der Waals surface area contributed by atoms with E-state index in [9.17, 15) is 4.79 Å². The predicted octanol–water partition coefficient (Wildman–Crippen LogP) is 3.28. The van der Waals surface area contributed by atoms with Crippen molar-refractivity contribution >= 4 is 5.91 Å². The van der Waals surface area contributed by atoms with Crippen molar-refractivity contribution in [1.82, 2.24) is 5.32 Å². The Labute approximate surface area is 149 Å². The first-order valence-electron chi connectivity index (χ1n) is 8.95. The average molecular weight is 339 g/mol. The van der Waals surface area contributed by atoms with Gasteiger partial charge in [-0.2, -0.15) is 0 Å². The Bertz CT molecular complexity index is 685. The molecule has 0 unspecified atom stereocenters. The summed E-state index contributed by atoms with van der Waals surface area (Å²) in [5, 5.41) is 2.83. The fourth-order valence-electron chi connectivity index (χ4n) is 3.10. The van der Waals surface area contributed by atoms with Gasteiger partial charge in [0, 0.05) is 6.54 Å². The molecular weight excluding hydrogens is 314 g/mol. The van der Waals surface area contributed by atoms with Crippen LogP contribution in [0.1, 0.15) is 29.5 Å². The van der Waals surface area contributed by atoms with Gasteiger partial charge in [-0.3, -0.25) is 4.79 Å². The first kappa shape index (κ1) is 17.5. The number of hydrogen-bond acceptors (Lipinski definition) is 3. The predicted molar refractivity (Wildman–Crippen MR) is 97.7 cm³/mol. The van der Waals surface area contributed by atoms with Crippen molar-refractivity contribution in [2.45, 2.75) is 32.3 Å². The molecule has 25 heavy (non-hydrogen) atoms. The molecule has 0 radical (unpaired) electrons. The van der Waals surface area contributed by atoms with E-state index in [1.54, 1.807) is 0 Å².